The van der Waals surface area contributed by atoms with Gasteiger partial charge < -0.3 is 4.57 Å². The Morgan fingerprint density at radius 1 is 1.24 bits per heavy atom. The molecule has 1 fully saturated rings. The molecule has 9 heteroatoms. The van der Waals surface area contributed by atoms with E-state index in [-0.39, 0.29) is 17.3 Å². The van der Waals surface area contributed by atoms with Crippen molar-refractivity contribution in [1.29, 1.82) is 0 Å². The van der Waals surface area contributed by atoms with E-state index in [0.29, 0.717) is 35.8 Å². The van der Waals surface area contributed by atoms with Crippen molar-refractivity contribution in [3.63, 3.8) is 0 Å². The first-order valence-electron chi connectivity index (χ1n) is 10.6. The molecular weight excluding hydrogens is 478 g/mol. The van der Waals surface area contributed by atoms with E-state index in [1.54, 1.807) is 12.1 Å². The fraction of sp³-hybridized carbons (Fsp3) is 0.333. The first-order valence-corrected chi connectivity index (χ1v) is 13.2. The van der Waals surface area contributed by atoms with Gasteiger partial charge in [0.05, 0.1) is 27.6 Å². The Bertz CT molecular complexity index is 1430. The van der Waals surface area contributed by atoms with E-state index < -0.39 is 15.9 Å². The van der Waals surface area contributed by atoms with Gasteiger partial charge in [-0.3, -0.25) is 4.79 Å². The molecule has 0 spiro atoms. The van der Waals surface area contributed by atoms with Crippen LogP contribution in [0.15, 0.2) is 46.3 Å². The van der Waals surface area contributed by atoms with E-state index >= 15 is 0 Å². The molecule has 0 radical (unpaired) electrons. The number of terminal acetylenes is 1. The zero-order valence-electron chi connectivity index (χ0n) is 18.4. The van der Waals surface area contributed by atoms with Gasteiger partial charge in [0.1, 0.15) is 0 Å². The second kappa shape index (κ2) is 9.43. The van der Waals surface area contributed by atoms with Crippen LogP contribution in [-0.4, -0.2) is 36.3 Å². The second-order valence-corrected chi connectivity index (χ2v) is 11.6. The number of carbonyl (C=O) groups excluding carboxylic acids is 1. The predicted molar refractivity (Wildman–Crippen MR) is 132 cm³/mol. The largest absolute Gasteiger partial charge is 0.305 e. The summed E-state index contributed by atoms with van der Waals surface area (Å²) in [5.41, 5.74) is 3.24. The smallest absolute Gasteiger partial charge is 0.252 e. The number of fused-ring (bicyclic) bond motifs is 1. The zero-order valence-corrected chi connectivity index (χ0v) is 20.8. The van der Waals surface area contributed by atoms with Gasteiger partial charge in [-0.1, -0.05) is 28.9 Å². The number of hydrogen-bond donors (Lipinski definition) is 0. The molecule has 1 atom stereocenters. The summed E-state index contributed by atoms with van der Waals surface area (Å²) in [5, 5.41) is 0.466. The molecule has 0 saturated carbocycles. The Morgan fingerprint density at radius 3 is 2.64 bits per heavy atom. The van der Waals surface area contributed by atoms with Crippen molar-refractivity contribution in [2.24, 2.45) is 10.9 Å². The lowest BCUT2D eigenvalue weighted by atomic mass is 9.99. The summed E-state index contributed by atoms with van der Waals surface area (Å²) in [6.07, 6.45) is 6.76. The number of hydrogen-bond acceptors (Lipinski definition) is 4. The molecule has 172 valence electrons. The van der Waals surface area contributed by atoms with Crippen molar-refractivity contribution in [3.05, 3.63) is 57.3 Å². The number of aryl methyl sites for hydroxylation is 2. The molecule has 4 rings (SSSR count). The SMILES string of the molecule is C#CCn1c(=NC(=O)C2CCCN(S(=O)(=O)c3ccc(Cl)cc3)C2)sc2cc(C)c(C)cc21. The highest BCUT2D eigenvalue weighted by Crippen LogP contribution is 2.26. The standard InChI is InChI=1S/C24H24ClN3O3S2/c1-4-11-28-21-13-16(2)17(3)14-22(21)32-24(28)26-23(29)18-6-5-12-27(15-18)33(30,31)20-9-7-19(25)8-10-20/h1,7-10,13-14,18H,5-6,11-12,15H2,2-3H3. The molecule has 1 saturated heterocycles. The third-order valence-corrected chi connectivity index (χ3v) is 9.11. The van der Waals surface area contributed by atoms with Crippen molar-refractivity contribution in [2.75, 3.05) is 13.1 Å². The summed E-state index contributed by atoms with van der Waals surface area (Å²) in [7, 11) is -3.71. The average Bonchev–Trinajstić information content (AvgIpc) is 3.10. The van der Waals surface area contributed by atoms with Gasteiger partial charge in [-0.15, -0.1) is 6.42 Å². The van der Waals surface area contributed by atoms with E-state index in [9.17, 15) is 13.2 Å². The molecule has 1 unspecified atom stereocenters. The maximum atomic E-state index is 13.1. The minimum Gasteiger partial charge on any atom is -0.305 e. The fourth-order valence-electron chi connectivity index (χ4n) is 3.95. The van der Waals surface area contributed by atoms with E-state index in [2.05, 4.69) is 23.0 Å². The number of rotatable bonds is 4. The van der Waals surface area contributed by atoms with Crippen LogP contribution in [0.1, 0.15) is 24.0 Å². The van der Waals surface area contributed by atoms with Crippen LogP contribution in [0.2, 0.25) is 5.02 Å². The van der Waals surface area contributed by atoms with Gasteiger partial charge >= 0.3 is 0 Å². The normalized spacial score (nSPS) is 17.9. The third kappa shape index (κ3) is 4.78. The molecular formula is C24H24ClN3O3S2. The minimum atomic E-state index is -3.71. The van der Waals surface area contributed by atoms with E-state index in [4.69, 9.17) is 18.0 Å². The highest BCUT2D eigenvalue weighted by atomic mass is 35.5. The van der Waals surface area contributed by atoms with E-state index in [1.807, 2.05) is 18.4 Å². The molecule has 0 N–H and O–H groups in total. The van der Waals surface area contributed by atoms with Crippen LogP contribution in [0, 0.1) is 32.1 Å². The summed E-state index contributed by atoms with van der Waals surface area (Å²) >= 11 is 7.31. The number of amides is 1. The zero-order chi connectivity index (χ0) is 23.8. The Balaban J connectivity index is 1.64. The Labute approximate surface area is 202 Å². The van der Waals surface area contributed by atoms with Crippen molar-refractivity contribution in [2.45, 2.75) is 38.1 Å². The molecule has 2 heterocycles. The van der Waals surface area contributed by atoms with Crippen LogP contribution < -0.4 is 4.80 Å². The number of benzene rings is 2. The lowest BCUT2D eigenvalue weighted by Gasteiger charge is -2.30. The molecule has 1 aliphatic heterocycles. The average molecular weight is 502 g/mol. The van der Waals surface area contributed by atoms with Crippen LogP contribution in [0.25, 0.3) is 10.2 Å². The number of nitrogens with zero attached hydrogens (tertiary/aromatic N) is 3. The molecule has 6 nitrogen and oxygen atoms in total. The van der Waals surface area contributed by atoms with Gasteiger partial charge in [0.25, 0.3) is 5.91 Å². The van der Waals surface area contributed by atoms with Gasteiger partial charge in [0, 0.05) is 18.1 Å². The van der Waals surface area contributed by atoms with Crippen molar-refractivity contribution >= 4 is 49.1 Å². The summed E-state index contributed by atoms with van der Waals surface area (Å²) in [5.74, 6) is 1.81. The molecule has 2 aromatic carbocycles. The molecule has 0 aliphatic carbocycles. The van der Waals surface area contributed by atoms with E-state index in [1.165, 1.54) is 27.8 Å². The van der Waals surface area contributed by atoms with Crippen LogP contribution in [-0.2, 0) is 21.4 Å². The van der Waals surface area contributed by atoms with E-state index in [0.717, 1.165) is 21.3 Å². The number of piperidine rings is 1. The summed E-state index contributed by atoms with van der Waals surface area (Å²) in [6, 6.07) is 10.2. The Hall–Kier alpha value is -2.44. The number of aromatic nitrogens is 1. The monoisotopic (exact) mass is 501 g/mol. The molecule has 1 aliphatic rings. The highest BCUT2D eigenvalue weighted by Gasteiger charge is 2.33. The van der Waals surface area contributed by atoms with Crippen LogP contribution in [0.4, 0.5) is 0 Å². The van der Waals surface area contributed by atoms with Gasteiger partial charge in [-0.2, -0.15) is 9.30 Å². The van der Waals surface area contributed by atoms with Gasteiger partial charge in [-0.25, -0.2) is 8.42 Å². The topological polar surface area (TPSA) is 71.7 Å². The lowest BCUT2D eigenvalue weighted by molar-refractivity contribution is -0.122. The number of sulfonamides is 1. The van der Waals surface area contributed by atoms with Crippen LogP contribution in [0.3, 0.4) is 0 Å². The van der Waals surface area contributed by atoms with Gasteiger partial charge in [-0.05, 0) is 74.2 Å². The van der Waals surface area contributed by atoms with Crippen LogP contribution in [0.5, 0.6) is 0 Å². The quantitative estimate of drug-likeness (QED) is 0.504. The van der Waals surface area contributed by atoms with Crippen molar-refractivity contribution in [1.82, 2.24) is 8.87 Å². The van der Waals surface area contributed by atoms with Gasteiger partial charge in [0.15, 0.2) is 4.80 Å². The molecule has 1 amide bonds. The Morgan fingerprint density at radius 2 is 1.94 bits per heavy atom. The first-order chi connectivity index (χ1) is 15.7. The number of thiazole rings is 1. The lowest BCUT2D eigenvalue weighted by Crippen LogP contribution is -2.42. The fourth-order valence-corrected chi connectivity index (χ4v) is 6.72. The number of halogens is 1. The maximum Gasteiger partial charge on any atom is 0.252 e. The second-order valence-electron chi connectivity index (χ2n) is 8.19. The molecule has 33 heavy (non-hydrogen) atoms. The third-order valence-electron chi connectivity index (χ3n) is 5.94. The molecule has 1 aromatic heterocycles. The van der Waals surface area contributed by atoms with Crippen molar-refractivity contribution in [3.8, 4) is 12.3 Å². The molecule has 3 aromatic rings. The summed E-state index contributed by atoms with van der Waals surface area (Å²) in [4.78, 5) is 18.2. The van der Waals surface area contributed by atoms with Crippen molar-refractivity contribution < 1.29 is 13.2 Å². The van der Waals surface area contributed by atoms with Crippen LogP contribution >= 0.6 is 22.9 Å². The van der Waals surface area contributed by atoms with Gasteiger partial charge in [0.2, 0.25) is 10.0 Å². The summed E-state index contributed by atoms with van der Waals surface area (Å²) in [6.45, 7) is 4.85. The first kappa shape index (κ1) is 23.7. The predicted octanol–water partition coefficient (Wildman–Crippen LogP) is 4.13. The Kier molecular flexibility index (Phi) is 6.78. The summed E-state index contributed by atoms with van der Waals surface area (Å²) < 4.78 is 30.4. The number of carbonyl (C=O) groups is 1. The maximum absolute atomic E-state index is 13.1. The molecule has 0 bridgehead atoms. The highest BCUT2D eigenvalue weighted by molar-refractivity contribution is 7.89. The minimum absolute atomic E-state index is 0.103.